The summed E-state index contributed by atoms with van der Waals surface area (Å²) in [5.41, 5.74) is 0. The summed E-state index contributed by atoms with van der Waals surface area (Å²) < 4.78 is 0.791. The summed E-state index contributed by atoms with van der Waals surface area (Å²) in [5.74, 6) is 0.0246. The number of benzene rings is 1. The number of carbonyl (C=O) groups is 1. The zero-order chi connectivity index (χ0) is 12.4. The number of ketones is 1. The van der Waals surface area contributed by atoms with Gasteiger partial charge in [-0.3, -0.25) is 4.79 Å². The third-order valence-electron chi connectivity index (χ3n) is 1.92. The van der Waals surface area contributed by atoms with Gasteiger partial charge in [0.05, 0.1) is 16.1 Å². The van der Waals surface area contributed by atoms with Crippen molar-refractivity contribution in [3.63, 3.8) is 0 Å². The highest BCUT2D eigenvalue weighted by Gasteiger charge is 2.09. The van der Waals surface area contributed by atoms with Crippen molar-refractivity contribution in [2.24, 2.45) is 0 Å². The Morgan fingerprint density at radius 1 is 1.41 bits per heavy atom. The standard InChI is InChI=1S/C11H7Cl2NOS2/c1-6(15)10-5-14-11(17-10)16-9-3-2-7(12)4-8(9)13/h2-5H,1H3. The molecule has 2 rings (SSSR count). The summed E-state index contributed by atoms with van der Waals surface area (Å²) >= 11 is 14.7. The summed E-state index contributed by atoms with van der Waals surface area (Å²) in [4.78, 5) is 16.8. The molecule has 2 nitrogen and oxygen atoms in total. The van der Waals surface area contributed by atoms with Crippen LogP contribution in [0.15, 0.2) is 33.6 Å². The molecule has 2 aromatic rings. The molecule has 0 unspecified atom stereocenters. The minimum Gasteiger partial charge on any atom is -0.294 e. The van der Waals surface area contributed by atoms with Crippen molar-refractivity contribution in [1.29, 1.82) is 0 Å². The monoisotopic (exact) mass is 303 g/mol. The average Bonchev–Trinajstić information content (AvgIpc) is 2.71. The van der Waals surface area contributed by atoms with Gasteiger partial charge < -0.3 is 0 Å². The Bertz CT molecular complexity index is 568. The summed E-state index contributed by atoms with van der Waals surface area (Å²) in [6.45, 7) is 1.53. The molecule has 0 aliphatic heterocycles. The van der Waals surface area contributed by atoms with Crippen molar-refractivity contribution in [1.82, 2.24) is 4.98 Å². The number of thiazole rings is 1. The largest absolute Gasteiger partial charge is 0.294 e. The first-order valence-corrected chi connectivity index (χ1v) is 7.05. The van der Waals surface area contributed by atoms with Gasteiger partial charge in [0.15, 0.2) is 10.1 Å². The number of hydrogen-bond acceptors (Lipinski definition) is 4. The van der Waals surface area contributed by atoms with E-state index in [0.717, 1.165) is 9.24 Å². The molecule has 0 saturated heterocycles. The van der Waals surface area contributed by atoms with E-state index in [9.17, 15) is 4.79 Å². The molecule has 0 N–H and O–H groups in total. The van der Waals surface area contributed by atoms with E-state index in [1.807, 2.05) is 6.07 Å². The van der Waals surface area contributed by atoms with Crippen molar-refractivity contribution < 1.29 is 4.79 Å². The molecular formula is C11H7Cl2NOS2. The number of nitrogens with zero attached hydrogens (tertiary/aromatic N) is 1. The molecule has 6 heteroatoms. The smallest absolute Gasteiger partial charge is 0.171 e. The lowest BCUT2D eigenvalue weighted by molar-refractivity contribution is 0.102. The number of carbonyl (C=O) groups excluding carboxylic acids is 1. The first-order chi connectivity index (χ1) is 8.06. The van der Waals surface area contributed by atoms with E-state index in [0.29, 0.717) is 14.9 Å². The molecular weight excluding hydrogens is 297 g/mol. The van der Waals surface area contributed by atoms with E-state index in [4.69, 9.17) is 23.2 Å². The summed E-state index contributed by atoms with van der Waals surface area (Å²) in [7, 11) is 0. The molecule has 88 valence electrons. The highest BCUT2D eigenvalue weighted by molar-refractivity contribution is 8.01. The van der Waals surface area contributed by atoms with Crippen molar-refractivity contribution in [2.45, 2.75) is 16.2 Å². The van der Waals surface area contributed by atoms with Crippen LogP contribution in [0.3, 0.4) is 0 Å². The van der Waals surface area contributed by atoms with Crippen LogP contribution in [0.1, 0.15) is 16.6 Å². The van der Waals surface area contributed by atoms with Crippen LogP contribution in [-0.2, 0) is 0 Å². The van der Waals surface area contributed by atoms with Gasteiger partial charge in [-0.05, 0) is 18.2 Å². The van der Waals surface area contributed by atoms with Gasteiger partial charge in [0, 0.05) is 16.8 Å². The highest BCUT2D eigenvalue weighted by atomic mass is 35.5. The lowest BCUT2D eigenvalue weighted by atomic mass is 10.4. The molecule has 0 atom stereocenters. The van der Waals surface area contributed by atoms with Gasteiger partial charge in [-0.1, -0.05) is 35.0 Å². The van der Waals surface area contributed by atoms with E-state index >= 15 is 0 Å². The highest BCUT2D eigenvalue weighted by Crippen LogP contribution is 2.36. The number of aromatic nitrogens is 1. The topological polar surface area (TPSA) is 30.0 Å². The van der Waals surface area contributed by atoms with E-state index in [2.05, 4.69) is 4.98 Å². The fourth-order valence-electron chi connectivity index (χ4n) is 1.12. The van der Waals surface area contributed by atoms with Crippen LogP contribution >= 0.6 is 46.3 Å². The van der Waals surface area contributed by atoms with Crippen LogP contribution in [0.2, 0.25) is 10.0 Å². The second kappa shape index (κ2) is 5.40. The number of halogens is 2. The van der Waals surface area contributed by atoms with Crippen molar-refractivity contribution in [3.05, 3.63) is 39.3 Å². The Hall–Kier alpha value is -0.550. The van der Waals surface area contributed by atoms with Gasteiger partial charge in [0.25, 0.3) is 0 Å². The molecule has 0 saturated carbocycles. The SMILES string of the molecule is CC(=O)c1cnc(Sc2ccc(Cl)cc2Cl)s1. The number of hydrogen-bond donors (Lipinski definition) is 0. The van der Waals surface area contributed by atoms with Crippen molar-refractivity contribution in [3.8, 4) is 0 Å². The van der Waals surface area contributed by atoms with E-state index in [-0.39, 0.29) is 5.78 Å². The maximum atomic E-state index is 11.1. The zero-order valence-corrected chi connectivity index (χ0v) is 11.9. The van der Waals surface area contributed by atoms with Gasteiger partial charge in [-0.15, -0.1) is 11.3 Å². The van der Waals surface area contributed by atoms with Crippen LogP contribution in [0.5, 0.6) is 0 Å². The average molecular weight is 304 g/mol. The second-order valence-corrected chi connectivity index (χ2v) is 6.39. The lowest BCUT2D eigenvalue weighted by Gasteiger charge is -2.01. The molecule has 1 aromatic heterocycles. The fraction of sp³-hybridized carbons (Fsp3) is 0.0909. The Balaban J connectivity index is 2.22. The van der Waals surface area contributed by atoms with E-state index < -0.39 is 0 Å². The Labute approximate surface area is 117 Å². The molecule has 1 heterocycles. The third-order valence-corrected chi connectivity index (χ3v) is 4.83. The zero-order valence-electron chi connectivity index (χ0n) is 8.74. The predicted molar refractivity (Wildman–Crippen MR) is 72.7 cm³/mol. The lowest BCUT2D eigenvalue weighted by Crippen LogP contribution is -1.83. The Morgan fingerprint density at radius 2 is 2.18 bits per heavy atom. The van der Waals surface area contributed by atoms with Crippen LogP contribution in [0.25, 0.3) is 0 Å². The van der Waals surface area contributed by atoms with Crippen LogP contribution in [0, 0.1) is 0 Å². The molecule has 0 aliphatic rings. The number of Topliss-reactive ketones (excluding diaryl/α,β-unsaturated/α-hetero) is 1. The second-order valence-electron chi connectivity index (χ2n) is 3.22. The third kappa shape index (κ3) is 3.22. The van der Waals surface area contributed by atoms with Crippen LogP contribution < -0.4 is 0 Å². The van der Waals surface area contributed by atoms with Crippen molar-refractivity contribution in [2.75, 3.05) is 0 Å². The maximum Gasteiger partial charge on any atom is 0.171 e. The van der Waals surface area contributed by atoms with Crippen LogP contribution in [-0.4, -0.2) is 10.8 Å². The predicted octanol–water partition coefficient (Wildman–Crippen LogP) is 4.80. The molecule has 0 aliphatic carbocycles. The molecule has 0 fully saturated rings. The van der Waals surface area contributed by atoms with Crippen molar-refractivity contribution >= 4 is 52.1 Å². The molecule has 0 amide bonds. The summed E-state index contributed by atoms with van der Waals surface area (Å²) in [5, 5.41) is 1.19. The number of rotatable bonds is 3. The van der Waals surface area contributed by atoms with Gasteiger partial charge in [-0.25, -0.2) is 4.98 Å². The first kappa shape index (κ1) is 12.9. The fourth-order valence-corrected chi connectivity index (χ4v) is 3.48. The minimum atomic E-state index is 0.0246. The molecule has 0 radical (unpaired) electrons. The van der Waals surface area contributed by atoms with Gasteiger partial charge in [-0.2, -0.15) is 0 Å². The first-order valence-electron chi connectivity index (χ1n) is 4.66. The normalized spacial score (nSPS) is 10.5. The van der Waals surface area contributed by atoms with Gasteiger partial charge in [0.1, 0.15) is 0 Å². The van der Waals surface area contributed by atoms with Gasteiger partial charge in [0.2, 0.25) is 0 Å². The molecule has 0 bridgehead atoms. The quantitative estimate of drug-likeness (QED) is 0.763. The molecule has 0 spiro atoms. The maximum absolute atomic E-state index is 11.1. The van der Waals surface area contributed by atoms with E-state index in [1.165, 1.54) is 30.0 Å². The Morgan fingerprint density at radius 3 is 2.76 bits per heavy atom. The van der Waals surface area contributed by atoms with Crippen LogP contribution in [0.4, 0.5) is 0 Å². The molecule has 1 aromatic carbocycles. The van der Waals surface area contributed by atoms with Gasteiger partial charge >= 0.3 is 0 Å². The minimum absolute atomic E-state index is 0.0246. The Kier molecular flexibility index (Phi) is 4.09. The summed E-state index contributed by atoms with van der Waals surface area (Å²) in [6.07, 6.45) is 1.58. The molecule has 17 heavy (non-hydrogen) atoms. The van der Waals surface area contributed by atoms with E-state index in [1.54, 1.807) is 18.3 Å². The summed E-state index contributed by atoms with van der Waals surface area (Å²) in [6, 6.07) is 5.30.